The topological polar surface area (TPSA) is 105 Å². The molecule has 2 amide bonds. The van der Waals surface area contributed by atoms with E-state index in [-0.39, 0.29) is 29.2 Å². The van der Waals surface area contributed by atoms with E-state index >= 15 is 0 Å². The predicted octanol–water partition coefficient (Wildman–Crippen LogP) is 0.585. The van der Waals surface area contributed by atoms with Crippen LogP contribution in [-0.2, 0) is 24.3 Å². The van der Waals surface area contributed by atoms with Crippen molar-refractivity contribution in [3.8, 4) is 5.75 Å². The number of anilines is 1. The Morgan fingerprint density at radius 3 is 2.52 bits per heavy atom. The number of morpholine rings is 1. The summed E-state index contributed by atoms with van der Waals surface area (Å²) >= 11 is 0. The highest BCUT2D eigenvalue weighted by atomic mass is 32.2. The monoisotopic (exact) mass is 423 g/mol. The van der Waals surface area contributed by atoms with Crippen molar-refractivity contribution >= 4 is 27.5 Å². The molecule has 1 N–H and O–H groups in total. The number of rotatable bonds is 3. The van der Waals surface area contributed by atoms with Crippen LogP contribution >= 0.6 is 0 Å². The molecule has 1 aromatic rings. The average molecular weight is 423 g/mol. The molecular formula is C19H25N3O6S. The molecule has 0 aliphatic carbocycles. The Bertz CT molecular complexity index is 918. The number of piperidine rings is 1. The maximum atomic E-state index is 13.2. The predicted molar refractivity (Wildman–Crippen MR) is 104 cm³/mol. The minimum absolute atomic E-state index is 0.0967. The van der Waals surface area contributed by atoms with Gasteiger partial charge in [0.2, 0.25) is 15.9 Å². The molecule has 3 aliphatic rings. The van der Waals surface area contributed by atoms with Crippen molar-refractivity contribution in [3.05, 3.63) is 17.7 Å². The highest BCUT2D eigenvalue weighted by molar-refractivity contribution is 7.89. The fraction of sp³-hybridized carbons (Fsp3) is 0.579. The average Bonchev–Trinajstić information content (AvgIpc) is 2.73. The highest BCUT2D eigenvalue weighted by Crippen LogP contribution is 2.35. The van der Waals surface area contributed by atoms with Crippen molar-refractivity contribution in [3.63, 3.8) is 0 Å². The van der Waals surface area contributed by atoms with E-state index in [9.17, 15) is 18.0 Å². The summed E-state index contributed by atoms with van der Waals surface area (Å²) in [5.74, 6) is 0.0350. The second-order valence-electron chi connectivity index (χ2n) is 7.57. The summed E-state index contributed by atoms with van der Waals surface area (Å²) in [6.45, 7) is 4.48. The fourth-order valence-corrected chi connectivity index (χ4v) is 5.71. The molecule has 10 heteroatoms. The molecular weight excluding hydrogens is 398 g/mol. The number of nitrogens with one attached hydrogen (secondary N) is 1. The Kier molecular flexibility index (Phi) is 5.50. The molecule has 158 valence electrons. The zero-order valence-electron chi connectivity index (χ0n) is 16.3. The molecule has 1 aromatic carbocycles. The lowest BCUT2D eigenvalue weighted by molar-refractivity contribution is -0.140. The SMILES string of the molecule is Cc1cc2c(cc1S(=O)(=O)N1CCC(C(=O)N3CCOCC3)CC1)OCC(=O)N2. The largest absolute Gasteiger partial charge is 0.482 e. The summed E-state index contributed by atoms with van der Waals surface area (Å²) in [7, 11) is -3.72. The van der Waals surface area contributed by atoms with Gasteiger partial charge in [-0.2, -0.15) is 4.31 Å². The number of hydrogen-bond donors (Lipinski definition) is 1. The second kappa shape index (κ2) is 7.92. The summed E-state index contributed by atoms with van der Waals surface area (Å²) in [4.78, 5) is 26.1. The Hall–Kier alpha value is -2.17. The van der Waals surface area contributed by atoms with E-state index < -0.39 is 10.0 Å². The van der Waals surface area contributed by atoms with Crippen molar-refractivity contribution in [1.82, 2.24) is 9.21 Å². The molecule has 2 saturated heterocycles. The molecule has 0 aromatic heterocycles. The number of carbonyl (C=O) groups is 2. The third-order valence-electron chi connectivity index (χ3n) is 5.65. The lowest BCUT2D eigenvalue weighted by Gasteiger charge is -2.35. The Balaban J connectivity index is 1.46. The molecule has 3 aliphatic heterocycles. The molecule has 4 rings (SSSR count). The lowest BCUT2D eigenvalue weighted by atomic mass is 9.96. The van der Waals surface area contributed by atoms with Gasteiger partial charge in [0.15, 0.2) is 6.61 Å². The van der Waals surface area contributed by atoms with Crippen molar-refractivity contribution in [1.29, 1.82) is 0 Å². The van der Waals surface area contributed by atoms with Crippen molar-refractivity contribution in [2.24, 2.45) is 5.92 Å². The first-order valence-corrected chi connectivity index (χ1v) is 11.2. The van der Waals surface area contributed by atoms with E-state index in [0.29, 0.717) is 69.2 Å². The summed E-state index contributed by atoms with van der Waals surface area (Å²) in [6, 6.07) is 3.10. The van der Waals surface area contributed by atoms with Crippen LogP contribution in [-0.4, -0.2) is 75.4 Å². The molecule has 3 heterocycles. The number of fused-ring (bicyclic) bond motifs is 1. The van der Waals surface area contributed by atoms with Gasteiger partial charge in [-0.25, -0.2) is 8.42 Å². The van der Waals surface area contributed by atoms with Gasteiger partial charge in [0, 0.05) is 38.2 Å². The van der Waals surface area contributed by atoms with Crippen LogP contribution in [0.15, 0.2) is 17.0 Å². The molecule has 29 heavy (non-hydrogen) atoms. The lowest BCUT2D eigenvalue weighted by Crippen LogP contribution is -2.47. The zero-order valence-corrected chi connectivity index (χ0v) is 17.2. The Morgan fingerprint density at radius 2 is 1.83 bits per heavy atom. The minimum atomic E-state index is -3.72. The fourth-order valence-electron chi connectivity index (χ4n) is 4.02. The smallest absolute Gasteiger partial charge is 0.262 e. The zero-order chi connectivity index (χ0) is 20.6. The van der Waals surface area contributed by atoms with Crippen LogP contribution in [0.3, 0.4) is 0 Å². The van der Waals surface area contributed by atoms with Crippen LogP contribution in [0.1, 0.15) is 18.4 Å². The number of amides is 2. The molecule has 0 spiro atoms. The minimum Gasteiger partial charge on any atom is -0.482 e. The van der Waals surface area contributed by atoms with Crippen LogP contribution in [0.4, 0.5) is 5.69 Å². The van der Waals surface area contributed by atoms with E-state index in [4.69, 9.17) is 9.47 Å². The normalized spacial score (nSPS) is 21.3. The van der Waals surface area contributed by atoms with Crippen LogP contribution in [0.5, 0.6) is 5.75 Å². The van der Waals surface area contributed by atoms with Gasteiger partial charge in [0.1, 0.15) is 5.75 Å². The summed E-state index contributed by atoms with van der Waals surface area (Å²) in [5, 5.41) is 2.68. The van der Waals surface area contributed by atoms with Gasteiger partial charge < -0.3 is 19.7 Å². The van der Waals surface area contributed by atoms with Gasteiger partial charge >= 0.3 is 0 Å². The first kappa shape index (κ1) is 20.1. The number of carbonyl (C=O) groups excluding carboxylic acids is 2. The molecule has 2 fully saturated rings. The van der Waals surface area contributed by atoms with E-state index in [2.05, 4.69) is 5.32 Å². The first-order valence-electron chi connectivity index (χ1n) is 9.80. The van der Waals surface area contributed by atoms with Gasteiger partial charge in [-0.3, -0.25) is 9.59 Å². The van der Waals surface area contributed by atoms with Crippen molar-refractivity contribution in [2.45, 2.75) is 24.7 Å². The van der Waals surface area contributed by atoms with E-state index in [1.807, 2.05) is 4.90 Å². The third kappa shape index (κ3) is 3.96. The summed E-state index contributed by atoms with van der Waals surface area (Å²) < 4.78 is 38.5. The number of sulfonamides is 1. The van der Waals surface area contributed by atoms with E-state index in [0.717, 1.165) is 0 Å². The summed E-state index contributed by atoms with van der Waals surface area (Å²) in [6.07, 6.45) is 1.01. The molecule has 0 radical (unpaired) electrons. The van der Waals surface area contributed by atoms with Crippen molar-refractivity contribution in [2.75, 3.05) is 51.3 Å². The van der Waals surface area contributed by atoms with Gasteiger partial charge in [-0.15, -0.1) is 0 Å². The van der Waals surface area contributed by atoms with Gasteiger partial charge in [0.05, 0.1) is 23.8 Å². The number of hydrogen-bond acceptors (Lipinski definition) is 6. The van der Waals surface area contributed by atoms with Gasteiger partial charge in [-0.1, -0.05) is 0 Å². The Morgan fingerprint density at radius 1 is 1.14 bits per heavy atom. The molecule has 0 bridgehead atoms. The summed E-state index contributed by atoms with van der Waals surface area (Å²) in [5.41, 5.74) is 1.02. The van der Waals surface area contributed by atoms with Crippen LogP contribution < -0.4 is 10.1 Å². The van der Waals surface area contributed by atoms with Crippen LogP contribution in [0.2, 0.25) is 0 Å². The van der Waals surface area contributed by atoms with Gasteiger partial charge in [0.25, 0.3) is 5.91 Å². The van der Waals surface area contributed by atoms with Crippen LogP contribution in [0, 0.1) is 12.8 Å². The number of nitrogens with zero attached hydrogens (tertiary/aromatic N) is 2. The number of benzene rings is 1. The molecule has 0 saturated carbocycles. The van der Waals surface area contributed by atoms with E-state index in [1.165, 1.54) is 10.4 Å². The standard InChI is InChI=1S/C19H25N3O6S/c1-13-10-15-16(28-12-18(23)20-15)11-17(13)29(25,26)22-4-2-14(3-5-22)19(24)21-6-8-27-9-7-21/h10-11,14H,2-9,12H2,1H3,(H,20,23). The molecule has 0 atom stereocenters. The first-order chi connectivity index (χ1) is 13.9. The van der Waals surface area contributed by atoms with Crippen molar-refractivity contribution < 1.29 is 27.5 Å². The molecule has 0 unspecified atom stereocenters. The maximum absolute atomic E-state index is 13.2. The highest BCUT2D eigenvalue weighted by Gasteiger charge is 2.35. The number of aryl methyl sites for hydroxylation is 1. The second-order valence-corrected chi connectivity index (χ2v) is 9.47. The maximum Gasteiger partial charge on any atom is 0.262 e. The van der Waals surface area contributed by atoms with Crippen LogP contribution in [0.25, 0.3) is 0 Å². The molecule has 9 nitrogen and oxygen atoms in total. The number of ether oxygens (including phenoxy) is 2. The van der Waals surface area contributed by atoms with Gasteiger partial charge in [-0.05, 0) is 31.4 Å². The third-order valence-corrected chi connectivity index (χ3v) is 7.69. The Labute approximate surface area is 170 Å². The quantitative estimate of drug-likeness (QED) is 0.763. The van der Waals surface area contributed by atoms with E-state index in [1.54, 1.807) is 13.0 Å².